The Balaban J connectivity index is 2.19. The van der Waals surface area contributed by atoms with Gasteiger partial charge in [0.2, 0.25) is 0 Å². The van der Waals surface area contributed by atoms with Gasteiger partial charge < -0.3 is 9.47 Å². The summed E-state index contributed by atoms with van der Waals surface area (Å²) in [7, 11) is 0. The number of ether oxygens (including phenoxy) is 2. The lowest BCUT2D eigenvalue weighted by Crippen LogP contribution is -2.43. The molecule has 1 spiro atoms. The Hall–Kier alpha value is -2.38. The minimum atomic E-state index is -1.91. The zero-order valence-electron chi connectivity index (χ0n) is 13.1. The summed E-state index contributed by atoms with van der Waals surface area (Å²) in [6.07, 6.45) is 0.181. The van der Waals surface area contributed by atoms with Crippen molar-refractivity contribution in [1.29, 1.82) is 0 Å². The van der Waals surface area contributed by atoms with Crippen LogP contribution in [0.25, 0.3) is 0 Å². The van der Waals surface area contributed by atoms with Crippen LogP contribution in [0, 0.1) is 5.41 Å². The first-order chi connectivity index (χ1) is 11.4. The average Bonchev–Trinajstić information content (AvgIpc) is 2.80. The molecular weight excluding hydrogens is 320 g/mol. The highest BCUT2D eigenvalue weighted by Crippen LogP contribution is 2.38. The van der Waals surface area contributed by atoms with Crippen LogP contribution < -0.4 is 0 Å². The van der Waals surface area contributed by atoms with Crippen LogP contribution in [0.15, 0.2) is 0 Å². The zero-order valence-corrected chi connectivity index (χ0v) is 13.1. The van der Waals surface area contributed by atoms with Gasteiger partial charge in [-0.15, -0.1) is 0 Å². The topological polar surface area (TPSA) is 121 Å². The van der Waals surface area contributed by atoms with Crippen molar-refractivity contribution < 1.29 is 38.2 Å². The first kappa shape index (κ1) is 18.0. The van der Waals surface area contributed by atoms with Gasteiger partial charge in [-0.2, -0.15) is 0 Å². The summed E-state index contributed by atoms with van der Waals surface area (Å²) >= 11 is 0. The first-order valence-electron chi connectivity index (χ1n) is 7.91. The predicted molar refractivity (Wildman–Crippen MR) is 76.2 cm³/mol. The van der Waals surface area contributed by atoms with Gasteiger partial charge in [0, 0.05) is 19.3 Å². The molecule has 1 aliphatic carbocycles. The Morgan fingerprint density at radius 1 is 0.583 bits per heavy atom. The van der Waals surface area contributed by atoms with E-state index in [0.29, 0.717) is 19.3 Å². The van der Waals surface area contributed by atoms with Gasteiger partial charge in [-0.05, 0) is 12.8 Å². The van der Waals surface area contributed by atoms with Crippen molar-refractivity contribution in [2.75, 3.05) is 0 Å². The molecule has 0 aromatic rings. The number of cyclic esters (lactones) is 4. The summed E-state index contributed by atoms with van der Waals surface area (Å²) in [6, 6.07) is 0. The SMILES string of the molecule is O=C1CCCCCC2(C(=O)CCC2=O)C(=O)OC(=O)CCC(=O)O1. The van der Waals surface area contributed by atoms with Gasteiger partial charge >= 0.3 is 23.9 Å². The summed E-state index contributed by atoms with van der Waals surface area (Å²) in [5.74, 6) is -4.83. The maximum atomic E-state index is 12.3. The zero-order chi connectivity index (χ0) is 17.7. The highest BCUT2D eigenvalue weighted by Gasteiger charge is 2.56. The minimum Gasteiger partial charge on any atom is -0.393 e. The van der Waals surface area contributed by atoms with Gasteiger partial charge in [0.1, 0.15) is 0 Å². The fourth-order valence-corrected chi connectivity index (χ4v) is 2.93. The van der Waals surface area contributed by atoms with Crippen LogP contribution in [0.3, 0.4) is 0 Å². The average molecular weight is 338 g/mol. The molecule has 130 valence electrons. The molecule has 0 radical (unpaired) electrons. The summed E-state index contributed by atoms with van der Waals surface area (Å²) in [5.41, 5.74) is -1.91. The Bertz CT molecular complexity index is 587. The van der Waals surface area contributed by atoms with E-state index in [9.17, 15) is 28.8 Å². The van der Waals surface area contributed by atoms with Gasteiger partial charge in [-0.1, -0.05) is 12.8 Å². The van der Waals surface area contributed by atoms with E-state index in [0.717, 1.165) is 0 Å². The van der Waals surface area contributed by atoms with Crippen LogP contribution >= 0.6 is 0 Å². The molecule has 8 nitrogen and oxygen atoms in total. The van der Waals surface area contributed by atoms with Crippen LogP contribution in [0.5, 0.6) is 0 Å². The van der Waals surface area contributed by atoms with E-state index in [1.807, 2.05) is 0 Å². The second kappa shape index (κ2) is 7.46. The molecule has 1 aliphatic heterocycles. The summed E-state index contributed by atoms with van der Waals surface area (Å²) in [6.45, 7) is 0. The summed E-state index contributed by atoms with van der Waals surface area (Å²) in [5, 5.41) is 0. The van der Waals surface area contributed by atoms with E-state index < -0.39 is 53.7 Å². The molecular formula is C16H18O8. The molecule has 0 aromatic carbocycles. The van der Waals surface area contributed by atoms with E-state index in [2.05, 4.69) is 9.47 Å². The van der Waals surface area contributed by atoms with Crippen LogP contribution in [0.2, 0.25) is 0 Å². The maximum Gasteiger partial charge on any atom is 0.334 e. The number of hydrogen-bond donors (Lipinski definition) is 0. The van der Waals surface area contributed by atoms with Gasteiger partial charge in [-0.25, -0.2) is 4.79 Å². The minimum absolute atomic E-state index is 0.0129. The molecule has 0 atom stereocenters. The van der Waals surface area contributed by atoms with E-state index in [1.54, 1.807) is 0 Å². The van der Waals surface area contributed by atoms with Crippen molar-refractivity contribution >= 4 is 35.4 Å². The molecule has 2 rings (SSSR count). The third kappa shape index (κ3) is 3.74. The normalized spacial score (nSPS) is 23.8. The van der Waals surface area contributed by atoms with Gasteiger partial charge in [-0.3, -0.25) is 24.0 Å². The van der Waals surface area contributed by atoms with Crippen molar-refractivity contribution in [2.24, 2.45) is 5.41 Å². The summed E-state index contributed by atoms with van der Waals surface area (Å²) < 4.78 is 9.16. The number of rotatable bonds is 0. The lowest BCUT2D eigenvalue weighted by atomic mass is 9.79. The van der Waals surface area contributed by atoms with E-state index in [1.165, 1.54) is 0 Å². The lowest BCUT2D eigenvalue weighted by molar-refractivity contribution is -0.172. The molecule has 1 saturated heterocycles. The van der Waals surface area contributed by atoms with Crippen LogP contribution in [0.4, 0.5) is 0 Å². The third-order valence-electron chi connectivity index (χ3n) is 4.28. The number of Topliss-reactive ketones (excluding diaryl/α,β-unsaturated/α-hetero) is 2. The number of carbonyl (C=O) groups is 6. The maximum absolute atomic E-state index is 12.3. The highest BCUT2D eigenvalue weighted by atomic mass is 16.6. The smallest absolute Gasteiger partial charge is 0.334 e. The predicted octanol–water partition coefficient (Wildman–Crippen LogP) is 0.789. The number of carbonyl (C=O) groups excluding carboxylic acids is 6. The second-order valence-electron chi connectivity index (χ2n) is 5.92. The van der Waals surface area contributed by atoms with E-state index >= 15 is 0 Å². The molecule has 1 saturated carbocycles. The standard InChI is InChI=1S/C16H18O8/c17-10-5-6-11(18)16(10)9-3-1-2-4-12(19)23-13(20)7-8-14(21)24-15(16)22/h1-9H2. The van der Waals surface area contributed by atoms with Crippen molar-refractivity contribution in [2.45, 2.75) is 57.8 Å². The molecule has 24 heavy (non-hydrogen) atoms. The van der Waals surface area contributed by atoms with Crippen molar-refractivity contribution in [3.05, 3.63) is 0 Å². The Morgan fingerprint density at radius 2 is 1.12 bits per heavy atom. The number of hydrogen-bond acceptors (Lipinski definition) is 8. The number of esters is 4. The van der Waals surface area contributed by atoms with Gasteiger partial charge in [0.25, 0.3) is 0 Å². The highest BCUT2D eigenvalue weighted by molar-refractivity contribution is 6.27. The van der Waals surface area contributed by atoms with Crippen molar-refractivity contribution in [1.82, 2.24) is 0 Å². The monoisotopic (exact) mass is 338 g/mol. The molecule has 0 N–H and O–H groups in total. The molecule has 0 unspecified atom stereocenters. The molecule has 1 heterocycles. The van der Waals surface area contributed by atoms with Crippen LogP contribution in [-0.4, -0.2) is 35.4 Å². The fraction of sp³-hybridized carbons (Fsp3) is 0.625. The van der Waals surface area contributed by atoms with Crippen molar-refractivity contribution in [3.8, 4) is 0 Å². The van der Waals surface area contributed by atoms with Crippen LogP contribution in [0.1, 0.15) is 57.8 Å². The Morgan fingerprint density at radius 3 is 1.75 bits per heavy atom. The van der Waals surface area contributed by atoms with Gasteiger partial charge in [0.05, 0.1) is 12.8 Å². The largest absolute Gasteiger partial charge is 0.393 e. The molecule has 2 aliphatic rings. The molecule has 8 heteroatoms. The first-order valence-corrected chi connectivity index (χ1v) is 7.91. The molecule has 2 fully saturated rings. The van der Waals surface area contributed by atoms with E-state index in [-0.39, 0.29) is 25.7 Å². The Kier molecular flexibility index (Phi) is 5.58. The number of ketones is 2. The molecule has 0 aromatic heterocycles. The molecule has 0 bridgehead atoms. The summed E-state index contributed by atoms with van der Waals surface area (Å²) in [4.78, 5) is 71.2. The Labute approximate surface area is 137 Å². The fourth-order valence-electron chi connectivity index (χ4n) is 2.93. The van der Waals surface area contributed by atoms with Crippen molar-refractivity contribution in [3.63, 3.8) is 0 Å². The second-order valence-corrected chi connectivity index (χ2v) is 5.92. The van der Waals surface area contributed by atoms with Crippen LogP contribution in [-0.2, 0) is 38.2 Å². The quantitative estimate of drug-likeness (QED) is 0.469. The lowest BCUT2D eigenvalue weighted by Gasteiger charge is -2.23. The third-order valence-corrected chi connectivity index (χ3v) is 4.28. The molecule has 0 amide bonds. The van der Waals surface area contributed by atoms with Gasteiger partial charge in [0.15, 0.2) is 17.0 Å². The van der Waals surface area contributed by atoms with E-state index in [4.69, 9.17) is 0 Å².